The normalized spacial score (nSPS) is 20.2. The van der Waals surface area contributed by atoms with E-state index >= 15 is 0 Å². The third kappa shape index (κ3) is 3.17. The summed E-state index contributed by atoms with van der Waals surface area (Å²) >= 11 is 5.71. The summed E-state index contributed by atoms with van der Waals surface area (Å²) in [6, 6.07) is 9.68. The molecular weight excluding hydrogens is 376 g/mol. The van der Waals surface area contributed by atoms with Gasteiger partial charge in [-0.1, -0.05) is 23.7 Å². The van der Waals surface area contributed by atoms with Gasteiger partial charge in [-0.2, -0.15) is 23.3 Å². The maximum Gasteiger partial charge on any atom is 0.438 e. The van der Waals surface area contributed by atoms with Crippen molar-refractivity contribution in [2.75, 3.05) is 0 Å². The highest BCUT2D eigenvalue weighted by atomic mass is 35.5. The van der Waals surface area contributed by atoms with E-state index in [0.29, 0.717) is 5.02 Å². The zero-order valence-electron chi connectivity index (χ0n) is 13.0. The van der Waals surface area contributed by atoms with Crippen LogP contribution in [0.3, 0.4) is 0 Å². The highest BCUT2D eigenvalue weighted by Crippen LogP contribution is 2.42. The molecule has 3 rings (SSSR count). The average Bonchev–Trinajstić information content (AvgIpc) is 2.94. The molecule has 1 heterocycles. The average molecular weight is 387 g/mol. The lowest BCUT2D eigenvalue weighted by Gasteiger charge is -2.32. The van der Waals surface area contributed by atoms with Gasteiger partial charge in [-0.3, -0.25) is 4.79 Å². The Labute approximate surface area is 150 Å². The minimum atomic E-state index is -5.15. The SMILES string of the molecule is O=C(c1ccc(Cl)cc1)N1N=C(c2ccc(F)cc2)C[C@]1(O)C(F)(F)F. The molecule has 1 aliphatic heterocycles. The van der Waals surface area contributed by atoms with Gasteiger partial charge >= 0.3 is 6.18 Å². The van der Waals surface area contributed by atoms with E-state index in [1.165, 1.54) is 36.4 Å². The highest BCUT2D eigenvalue weighted by molar-refractivity contribution is 6.30. The number of hydrogen-bond acceptors (Lipinski definition) is 3. The van der Waals surface area contributed by atoms with E-state index in [0.717, 1.165) is 12.1 Å². The lowest BCUT2D eigenvalue weighted by atomic mass is 10.0. The van der Waals surface area contributed by atoms with Gasteiger partial charge in [0.2, 0.25) is 0 Å². The maximum atomic E-state index is 13.5. The zero-order chi connectivity index (χ0) is 19.1. The molecule has 9 heteroatoms. The molecule has 2 aromatic rings. The number of rotatable bonds is 2. The zero-order valence-corrected chi connectivity index (χ0v) is 13.7. The Kier molecular flexibility index (Phi) is 4.49. The maximum absolute atomic E-state index is 13.5. The molecule has 2 aromatic carbocycles. The third-order valence-electron chi connectivity index (χ3n) is 3.90. The fourth-order valence-corrected chi connectivity index (χ4v) is 2.62. The molecule has 1 amide bonds. The van der Waals surface area contributed by atoms with Gasteiger partial charge in [0.25, 0.3) is 11.6 Å². The van der Waals surface area contributed by atoms with Crippen molar-refractivity contribution in [2.45, 2.75) is 18.3 Å². The molecule has 0 bridgehead atoms. The van der Waals surface area contributed by atoms with E-state index in [1.54, 1.807) is 0 Å². The van der Waals surface area contributed by atoms with Gasteiger partial charge in [0.1, 0.15) is 5.82 Å². The van der Waals surface area contributed by atoms with Crippen molar-refractivity contribution in [2.24, 2.45) is 5.10 Å². The van der Waals surface area contributed by atoms with Crippen LogP contribution in [0.2, 0.25) is 5.02 Å². The number of carbonyl (C=O) groups is 1. The summed E-state index contributed by atoms with van der Waals surface area (Å²) in [5, 5.41) is 14.2. The Morgan fingerprint density at radius 1 is 1.12 bits per heavy atom. The molecule has 0 radical (unpaired) electrons. The highest BCUT2D eigenvalue weighted by Gasteiger charge is 2.63. The van der Waals surface area contributed by atoms with Crippen molar-refractivity contribution in [3.63, 3.8) is 0 Å². The number of nitrogens with zero attached hydrogens (tertiary/aromatic N) is 2. The Bertz CT molecular complexity index is 866. The number of carbonyl (C=O) groups excluding carboxylic acids is 1. The molecule has 4 nitrogen and oxygen atoms in total. The van der Waals surface area contributed by atoms with E-state index < -0.39 is 30.0 Å². The first-order valence-electron chi connectivity index (χ1n) is 7.34. The summed E-state index contributed by atoms with van der Waals surface area (Å²) in [5.41, 5.74) is -3.65. The Morgan fingerprint density at radius 3 is 2.23 bits per heavy atom. The van der Waals surface area contributed by atoms with Gasteiger partial charge in [-0.05, 0) is 42.0 Å². The molecule has 1 aliphatic rings. The smallest absolute Gasteiger partial charge is 0.362 e. The van der Waals surface area contributed by atoms with Crippen molar-refractivity contribution in [3.8, 4) is 0 Å². The largest absolute Gasteiger partial charge is 0.438 e. The monoisotopic (exact) mass is 386 g/mol. The molecule has 136 valence electrons. The summed E-state index contributed by atoms with van der Waals surface area (Å²) < 4.78 is 53.5. The van der Waals surface area contributed by atoms with Crippen LogP contribution in [-0.2, 0) is 0 Å². The molecule has 0 saturated carbocycles. The molecule has 0 fully saturated rings. The van der Waals surface area contributed by atoms with Crippen LogP contribution in [0, 0.1) is 5.82 Å². The number of amides is 1. The summed E-state index contributed by atoms with van der Waals surface area (Å²) in [7, 11) is 0. The van der Waals surface area contributed by atoms with Gasteiger partial charge in [0.05, 0.1) is 12.1 Å². The molecule has 0 spiro atoms. The van der Waals surface area contributed by atoms with Gasteiger partial charge in [0, 0.05) is 10.6 Å². The van der Waals surface area contributed by atoms with E-state index in [1.807, 2.05) is 0 Å². The Balaban J connectivity index is 2.03. The van der Waals surface area contributed by atoms with E-state index in [-0.39, 0.29) is 21.8 Å². The fraction of sp³-hybridized carbons (Fsp3) is 0.176. The minimum Gasteiger partial charge on any atom is -0.362 e. The lowest BCUT2D eigenvalue weighted by Crippen LogP contribution is -2.56. The van der Waals surface area contributed by atoms with Crippen LogP contribution in [0.1, 0.15) is 22.3 Å². The molecule has 0 aliphatic carbocycles. The van der Waals surface area contributed by atoms with Crippen LogP contribution < -0.4 is 0 Å². The minimum absolute atomic E-state index is 0.00886. The Hall–Kier alpha value is -2.45. The van der Waals surface area contributed by atoms with Crippen molar-refractivity contribution in [1.82, 2.24) is 5.01 Å². The summed E-state index contributed by atoms with van der Waals surface area (Å²) in [5.74, 6) is -1.72. The van der Waals surface area contributed by atoms with Gasteiger partial charge in [-0.15, -0.1) is 0 Å². The number of aliphatic hydroxyl groups is 1. The third-order valence-corrected chi connectivity index (χ3v) is 4.15. The van der Waals surface area contributed by atoms with E-state index in [9.17, 15) is 27.5 Å². The topological polar surface area (TPSA) is 52.9 Å². The fourth-order valence-electron chi connectivity index (χ4n) is 2.50. The van der Waals surface area contributed by atoms with E-state index in [2.05, 4.69) is 5.10 Å². The van der Waals surface area contributed by atoms with Crippen molar-refractivity contribution >= 4 is 23.2 Å². The first kappa shape index (κ1) is 18.3. The predicted molar refractivity (Wildman–Crippen MR) is 86.2 cm³/mol. The predicted octanol–water partition coefficient (Wildman–Crippen LogP) is 3.98. The van der Waals surface area contributed by atoms with Gasteiger partial charge < -0.3 is 5.11 Å². The number of hydrogen-bond donors (Lipinski definition) is 1. The number of hydrazone groups is 1. The van der Waals surface area contributed by atoms with Crippen LogP contribution in [0.25, 0.3) is 0 Å². The molecule has 0 saturated heterocycles. The second-order valence-corrected chi connectivity index (χ2v) is 6.11. The Morgan fingerprint density at radius 2 is 1.69 bits per heavy atom. The van der Waals surface area contributed by atoms with Crippen LogP contribution in [-0.4, -0.2) is 33.6 Å². The summed E-state index contributed by atoms with van der Waals surface area (Å²) in [4.78, 5) is 12.5. The molecule has 0 aromatic heterocycles. The van der Waals surface area contributed by atoms with Crippen LogP contribution in [0.4, 0.5) is 17.6 Å². The first-order chi connectivity index (χ1) is 12.1. The van der Waals surface area contributed by atoms with Crippen molar-refractivity contribution in [3.05, 3.63) is 70.5 Å². The quantitative estimate of drug-likeness (QED) is 0.794. The molecule has 1 N–H and O–H groups in total. The standard InChI is InChI=1S/C17H11ClF4N2O2/c18-12-5-1-11(2-6-12)15(25)24-16(26,17(20,21)22)9-14(23-24)10-3-7-13(19)8-4-10/h1-8,26H,9H2/t16-/m0/s1. The van der Waals surface area contributed by atoms with Gasteiger partial charge in [-0.25, -0.2) is 4.39 Å². The second-order valence-electron chi connectivity index (χ2n) is 5.67. The number of halogens is 5. The van der Waals surface area contributed by atoms with Crippen molar-refractivity contribution in [1.29, 1.82) is 0 Å². The van der Waals surface area contributed by atoms with Crippen LogP contribution in [0.5, 0.6) is 0 Å². The molecule has 0 unspecified atom stereocenters. The number of benzene rings is 2. The number of alkyl halides is 3. The van der Waals surface area contributed by atoms with Gasteiger partial charge in [0.15, 0.2) is 0 Å². The lowest BCUT2D eigenvalue weighted by molar-refractivity contribution is -0.297. The molecule has 1 atom stereocenters. The molecule has 26 heavy (non-hydrogen) atoms. The molecular formula is C17H11ClF4N2O2. The summed E-state index contributed by atoms with van der Waals surface area (Å²) in [6.07, 6.45) is -6.12. The van der Waals surface area contributed by atoms with Crippen molar-refractivity contribution < 1.29 is 27.5 Å². The second kappa shape index (κ2) is 6.37. The summed E-state index contributed by atoms with van der Waals surface area (Å²) in [6.45, 7) is 0. The van der Waals surface area contributed by atoms with Crippen LogP contribution >= 0.6 is 11.6 Å². The van der Waals surface area contributed by atoms with E-state index in [4.69, 9.17) is 11.6 Å². The van der Waals surface area contributed by atoms with Crippen LogP contribution in [0.15, 0.2) is 53.6 Å². The first-order valence-corrected chi connectivity index (χ1v) is 7.72.